The molecule has 8 nitrogen and oxygen atoms in total. The lowest BCUT2D eigenvalue weighted by Crippen LogP contribution is -2.31. The Bertz CT molecular complexity index is 1100. The Morgan fingerprint density at radius 1 is 1.15 bits per heavy atom. The first kappa shape index (κ1) is 17.9. The molecule has 0 atom stereocenters. The van der Waals surface area contributed by atoms with Crippen molar-refractivity contribution in [3.05, 3.63) is 46.8 Å². The molecule has 0 aliphatic rings. The van der Waals surface area contributed by atoms with Crippen LogP contribution in [0.15, 0.2) is 33.7 Å². The summed E-state index contributed by atoms with van der Waals surface area (Å²) in [5.74, 6) is -0.525. The number of carbonyl (C=O) groups excluding carboxylic acids is 1. The molecule has 0 aliphatic carbocycles. The number of aromatic nitrogens is 2. The highest BCUT2D eigenvalue weighted by atomic mass is 32.2. The van der Waals surface area contributed by atoms with E-state index < -0.39 is 15.9 Å². The molecule has 9 heteroatoms. The van der Waals surface area contributed by atoms with Crippen molar-refractivity contribution >= 4 is 26.9 Å². The molecule has 0 aliphatic heterocycles. The zero-order valence-corrected chi connectivity index (χ0v) is 15.5. The number of nitrogens with zero attached hydrogens (tertiary/aromatic N) is 2. The minimum atomic E-state index is -4.17. The van der Waals surface area contributed by atoms with Gasteiger partial charge in [-0.05, 0) is 50.6 Å². The highest BCUT2D eigenvalue weighted by Gasteiger charge is 2.26. The van der Waals surface area contributed by atoms with E-state index in [2.05, 4.69) is 10.2 Å². The number of hydrogen-bond donors (Lipinski definition) is 1. The van der Waals surface area contributed by atoms with Crippen LogP contribution >= 0.6 is 0 Å². The molecule has 1 aromatic carbocycles. The molecule has 0 fully saturated rings. The predicted octanol–water partition coefficient (Wildman–Crippen LogP) is 2.28. The van der Waals surface area contributed by atoms with Gasteiger partial charge in [0.2, 0.25) is 0 Å². The number of sulfonamides is 1. The van der Waals surface area contributed by atoms with Crippen LogP contribution in [0.1, 0.15) is 27.4 Å². The van der Waals surface area contributed by atoms with Crippen molar-refractivity contribution in [1.82, 2.24) is 14.9 Å². The molecule has 0 saturated heterocycles. The Hall–Kier alpha value is -2.94. The highest BCUT2D eigenvalue weighted by molar-refractivity contribution is 7.90. The van der Waals surface area contributed by atoms with Crippen LogP contribution in [0.25, 0.3) is 11.0 Å². The summed E-state index contributed by atoms with van der Waals surface area (Å²) in [6.45, 7) is 5.24. The number of benzene rings is 1. The number of hydrogen-bond acceptors (Lipinski definition) is 7. The molecule has 26 heavy (non-hydrogen) atoms. The van der Waals surface area contributed by atoms with Crippen LogP contribution in [0, 0.1) is 20.8 Å². The second-order valence-electron chi connectivity index (χ2n) is 5.85. The second kappa shape index (κ2) is 6.41. The van der Waals surface area contributed by atoms with E-state index in [4.69, 9.17) is 9.15 Å². The standard InChI is InChI=1S/C17H17N3O5S/c1-9-7-12-11(3)15(25-16(12)13(8-9)24-4)17(21)20-26(22,23)14-6-5-10(2)18-19-14/h5-8H,1-4H3,(H,20,21). The molecule has 1 amide bonds. The third kappa shape index (κ3) is 3.13. The maximum Gasteiger partial charge on any atom is 0.301 e. The molecule has 2 aromatic heterocycles. The largest absolute Gasteiger partial charge is 0.493 e. The van der Waals surface area contributed by atoms with Crippen LogP contribution in [0.3, 0.4) is 0 Å². The van der Waals surface area contributed by atoms with E-state index in [0.29, 0.717) is 28.0 Å². The summed E-state index contributed by atoms with van der Waals surface area (Å²) in [5, 5.41) is 7.62. The first-order chi connectivity index (χ1) is 12.2. The lowest BCUT2D eigenvalue weighted by Gasteiger charge is -2.04. The number of amides is 1. The zero-order chi connectivity index (χ0) is 19.1. The molecular weight excluding hydrogens is 358 g/mol. The molecule has 1 N–H and O–H groups in total. The monoisotopic (exact) mass is 375 g/mol. The maximum atomic E-state index is 12.5. The summed E-state index contributed by atoms with van der Waals surface area (Å²) in [5.41, 5.74) is 2.39. The first-order valence-electron chi connectivity index (χ1n) is 7.68. The number of furan rings is 1. The molecule has 0 spiro atoms. The summed E-state index contributed by atoms with van der Waals surface area (Å²) in [6.07, 6.45) is 0. The second-order valence-corrected chi connectivity index (χ2v) is 7.48. The van der Waals surface area contributed by atoms with E-state index in [1.54, 1.807) is 19.9 Å². The molecule has 0 radical (unpaired) electrons. The van der Waals surface area contributed by atoms with Crippen molar-refractivity contribution in [3.8, 4) is 5.75 Å². The van der Waals surface area contributed by atoms with Gasteiger partial charge in [0.15, 0.2) is 22.1 Å². The summed E-state index contributed by atoms with van der Waals surface area (Å²) in [4.78, 5) is 12.5. The molecule has 2 heterocycles. The number of aryl methyl sites for hydroxylation is 3. The summed E-state index contributed by atoms with van der Waals surface area (Å²) < 4.78 is 37.5. The van der Waals surface area contributed by atoms with E-state index in [-0.39, 0.29) is 10.8 Å². The van der Waals surface area contributed by atoms with Crippen LogP contribution in [-0.4, -0.2) is 31.6 Å². The highest BCUT2D eigenvalue weighted by Crippen LogP contribution is 2.33. The first-order valence-corrected chi connectivity index (χ1v) is 9.16. The summed E-state index contributed by atoms with van der Waals surface area (Å²) in [7, 11) is -2.67. The normalized spacial score (nSPS) is 11.5. The molecule has 3 rings (SSSR count). The Morgan fingerprint density at radius 3 is 2.50 bits per heavy atom. The van der Waals surface area contributed by atoms with Gasteiger partial charge in [-0.15, -0.1) is 5.10 Å². The van der Waals surface area contributed by atoms with Gasteiger partial charge < -0.3 is 9.15 Å². The van der Waals surface area contributed by atoms with Crippen molar-refractivity contribution in [3.63, 3.8) is 0 Å². The van der Waals surface area contributed by atoms with Crippen LogP contribution < -0.4 is 9.46 Å². The number of fused-ring (bicyclic) bond motifs is 1. The fourth-order valence-corrected chi connectivity index (χ4v) is 3.38. The number of nitrogens with one attached hydrogen (secondary N) is 1. The van der Waals surface area contributed by atoms with Crippen molar-refractivity contribution in [1.29, 1.82) is 0 Å². The number of ether oxygens (including phenoxy) is 1. The van der Waals surface area contributed by atoms with Gasteiger partial charge in [0.05, 0.1) is 12.8 Å². The summed E-state index contributed by atoms with van der Waals surface area (Å²) in [6, 6.07) is 6.38. The zero-order valence-electron chi connectivity index (χ0n) is 14.7. The van der Waals surface area contributed by atoms with Gasteiger partial charge in [-0.1, -0.05) is 0 Å². The third-order valence-electron chi connectivity index (χ3n) is 3.85. The quantitative estimate of drug-likeness (QED) is 0.744. The molecule has 0 saturated carbocycles. The van der Waals surface area contributed by atoms with Gasteiger partial charge in [-0.3, -0.25) is 4.79 Å². The fraction of sp³-hybridized carbons (Fsp3) is 0.235. The number of carbonyl (C=O) groups is 1. The van der Waals surface area contributed by atoms with Crippen molar-refractivity contribution in [2.45, 2.75) is 25.8 Å². The van der Waals surface area contributed by atoms with Gasteiger partial charge in [-0.2, -0.15) is 13.5 Å². The molecular formula is C17H17N3O5S. The minimum Gasteiger partial charge on any atom is -0.493 e. The lowest BCUT2D eigenvalue weighted by molar-refractivity contribution is 0.0955. The SMILES string of the molecule is COc1cc(C)cc2c(C)c(C(=O)NS(=O)(=O)c3ccc(C)nn3)oc12. The van der Waals surface area contributed by atoms with Gasteiger partial charge >= 0.3 is 5.91 Å². The van der Waals surface area contributed by atoms with E-state index in [0.717, 1.165) is 5.56 Å². The van der Waals surface area contributed by atoms with Crippen molar-refractivity contribution in [2.75, 3.05) is 7.11 Å². The van der Waals surface area contributed by atoms with E-state index in [9.17, 15) is 13.2 Å². The summed E-state index contributed by atoms with van der Waals surface area (Å²) >= 11 is 0. The Morgan fingerprint density at radius 2 is 1.88 bits per heavy atom. The van der Waals surface area contributed by atoms with Crippen LogP contribution in [0.2, 0.25) is 0 Å². The van der Waals surface area contributed by atoms with Gasteiger partial charge in [0.25, 0.3) is 10.0 Å². The van der Waals surface area contributed by atoms with Crippen molar-refractivity contribution in [2.24, 2.45) is 0 Å². The fourth-order valence-electron chi connectivity index (χ4n) is 2.54. The number of rotatable bonds is 4. The lowest BCUT2D eigenvalue weighted by atomic mass is 10.1. The van der Waals surface area contributed by atoms with Crippen molar-refractivity contribution < 1.29 is 22.4 Å². The van der Waals surface area contributed by atoms with Crippen LogP contribution in [0.5, 0.6) is 5.75 Å². The average molecular weight is 375 g/mol. The molecule has 0 unspecified atom stereocenters. The maximum absolute atomic E-state index is 12.5. The topological polar surface area (TPSA) is 111 Å². The van der Waals surface area contributed by atoms with Gasteiger partial charge in [0, 0.05) is 10.9 Å². The molecule has 0 bridgehead atoms. The third-order valence-corrected chi connectivity index (χ3v) is 5.07. The molecule has 3 aromatic rings. The van der Waals surface area contributed by atoms with Crippen LogP contribution in [-0.2, 0) is 10.0 Å². The van der Waals surface area contributed by atoms with E-state index in [1.165, 1.54) is 19.2 Å². The van der Waals surface area contributed by atoms with E-state index in [1.807, 2.05) is 17.7 Å². The Balaban J connectivity index is 2.00. The van der Waals surface area contributed by atoms with E-state index >= 15 is 0 Å². The average Bonchev–Trinajstić information content (AvgIpc) is 2.91. The minimum absolute atomic E-state index is 0.104. The Labute approximate surface area is 150 Å². The number of methoxy groups -OCH3 is 1. The Kier molecular flexibility index (Phi) is 4.41. The smallest absolute Gasteiger partial charge is 0.301 e. The predicted molar refractivity (Wildman–Crippen MR) is 93.7 cm³/mol. The van der Waals surface area contributed by atoms with Gasteiger partial charge in [0.1, 0.15) is 0 Å². The van der Waals surface area contributed by atoms with Crippen LogP contribution in [0.4, 0.5) is 0 Å². The van der Waals surface area contributed by atoms with Gasteiger partial charge in [-0.25, -0.2) is 4.72 Å². The molecule has 136 valence electrons.